The molecule has 1 aromatic carbocycles. The molecule has 2 saturated carbocycles. The first-order valence-electron chi connectivity index (χ1n) is 18.0. The molecule has 45 heavy (non-hydrogen) atoms. The van der Waals surface area contributed by atoms with Gasteiger partial charge in [0.2, 0.25) is 0 Å². The van der Waals surface area contributed by atoms with Gasteiger partial charge in [0.25, 0.3) is 11.9 Å². The van der Waals surface area contributed by atoms with Crippen LogP contribution in [-0.2, 0) is 12.3 Å². The van der Waals surface area contributed by atoms with Crippen LogP contribution < -0.4 is 4.74 Å². The van der Waals surface area contributed by atoms with Gasteiger partial charge in [-0.25, -0.2) is 22.5 Å². The highest BCUT2D eigenvalue weighted by molar-refractivity contribution is 5.63. The predicted octanol–water partition coefficient (Wildman–Crippen LogP) is 12.1. The maximum atomic E-state index is 15.5. The molecule has 2 unspecified atom stereocenters. The van der Waals surface area contributed by atoms with Gasteiger partial charge in [0.05, 0.1) is 17.9 Å². The van der Waals surface area contributed by atoms with Crippen molar-refractivity contribution in [2.45, 2.75) is 141 Å². The number of hydrogen-bond acceptors (Lipinski definition) is 2. The maximum Gasteiger partial charge on any atom is 0.279 e. The Morgan fingerprint density at radius 3 is 2.18 bits per heavy atom. The molecular formula is C38H52F5NO. The molecule has 3 aliphatic carbocycles. The molecule has 0 aliphatic heterocycles. The summed E-state index contributed by atoms with van der Waals surface area (Å²) in [6.07, 6.45) is 20.4. The quantitative estimate of drug-likeness (QED) is 0.0822. The molecule has 0 radical (unpaired) electrons. The van der Waals surface area contributed by atoms with Crippen molar-refractivity contribution < 1.29 is 26.7 Å². The summed E-state index contributed by atoms with van der Waals surface area (Å²) in [5.74, 6) is -5.69. The lowest BCUT2D eigenvalue weighted by atomic mass is 9.77. The van der Waals surface area contributed by atoms with E-state index < -0.39 is 35.0 Å². The third-order valence-corrected chi connectivity index (χ3v) is 10.6. The molecule has 0 N–H and O–H groups in total. The summed E-state index contributed by atoms with van der Waals surface area (Å²) in [5, 5.41) is 0. The Kier molecular flexibility index (Phi) is 12.2. The van der Waals surface area contributed by atoms with Crippen LogP contribution in [0.3, 0.4) is 0 Å². The highest BCUT2D eigenvalue weighted by Gasteiger charge is 2.48. The molecule has 2 nitrogen and oxygen atoms in total. The minimum atomic E-state index is -3.45. The van der Waals surface area contributed by atoms with E-state index in [1.807, 2.05) is 0 Å². The molecule has 250 valence electrons. The first-order valence-corrected chi connectivity index (χ1v) is 18.0. The van der Waals surface area contributed by atoms with E-state index in [1.165, 1.54) is 82.4 Å². The van der Waals surface area contributed by atoms with Crippen molar-refractivity contribution in [2.24, 2.45) is 23.7 Å². The molecule has 1 aromatic heterocycles. The molecule has 0 amide bonds. The Balaban J connectivity index is 1.10. The number of pyridine rings is 1. The van der Waals surface area contributed by atoms with E-state index >= 15 is 17.6 Å². The minimum Gasteiger partial charge on any atom is -0.489 e. The van der Waals surface area contributed by atoms with E-state index in [9.17, 15) is 4.39 Å². The van der Waals surface area contributed by atoms with E-state index in [0.29, 0.717) is 19.4 Å². The fourth-order valence-electron chi connectivity index (χ4n) is 7.47. The third kappa shape index (κ3) is 9.22. The van der Waals surface area contributed by atoms with Crippen LogP contribution in [0.1, 0.15) is 140 Å². The summed E-state index contributed by atoms with van der Waals surface area (Å²) in [4.78, 5) is 3.83. The number of halogens is 5. The number of alkyl halides is 2. The predicted molar refractivity (Wildman–Crippen MR) is 170 cm³/mol. The largest absolute Gasteiger partial charge is 0.489 e. The summed E-state index contributed by atoms with van der Waals surface area (Å²) in [6.45, 7) is 2.60. The number of aromatic nitrogens is 1. The zero-order valence-electron chi connectivity index (χ0n) is 27.1. The van der Waals surface area contributed by atoms with Gasteiger partial charge in [0, 0.05) is 11.5 Å². The summed E-state index contributed by atoms with van der Waals surface area (Å²) in [6, 6.07) is 3.95. The van der Waals surface area contributed by atoms with E-state index in [-0.39, 0.29) is 35.4 Å². The van der Waals surface area contributed by atoms with Crippen LogP contribution in [0.2, 0.25) is 0 Å². The Morgan fingerprint density at radius 1 is 0.822 bits per heavy atom. The van der Waals surface area contributed by atoms with Crippen LogP contribution in [0.25, 0.3) is 11.3 Å². The highest BCUT2D eigenvalue weighted by Crippen LogP contribution is 2.49. The van der Waals surface area contributed by atoms with Gasteiger partial charge in [0.1, 0.15) is 0 Å². The summed E-state index contributed by atoms with van der Waals surface area (Å²) in [7, 11) is 0. The average Bonchev–Trinajstić information content (AvgIpc) is 3.95. The van der Waals surface area contributed by atoms with Crippen molar-refractivity contribution in [3.05, 3.63) is 46.9 Å². The van der Waals surface area contributed by atoms with Gasteiger partial charge in [-0.05, 0) is 80.0 Å². The van der Waals surface area contributed by atoms with Gasteiger partial charge in [-0.15, -0.1) is 0 Å². The van der Waals surface area contributed by atoms with Gasteiger partial charge in [-0.2, -0.15) is 4.39 Å². The van der Waals surface area contributed by atoms with Crippen LogP contribution in [0, 0.1) is 41.3 Å². The van der Waals surface area contributed by atoms with Gasteiger partial charge < -0.3 is 4.74 Å². The lowest BCUT2D eigenvalue weighted by Crippen LogP contribution is -2.33. The highest BCUT2D eigenvalue weighted by atomic mass is 19.3. The molecule has 3 aliphatic rings. The molecule has 0 bridgehead atoms. The van der Waals surface area contributed by atoms with Crippen molar-refractivity contribution >= 4 is 0 Å². The topological polar surface area (TPSA) is 22.1 Å². The number of benzene rings is 1. The number of nitrogens with zero attached hydrogens (tertiary/aromatic N) is 1. The second-order valence-corrected chi connectivity index (χ2v) is 14.1. The fraction of sp³-hybridized carbons (Fsp3) is 0.711. The second-order valence-electron chi connectivity index (χ2n) is 14.1. The van der Waals surface area contributed by atoms with E-state index in [0.717, 1.165) is 56.3 Å². The van der Waals surface area contributed by atoms with E-state index in [1.54, 1.807) is 0 Å². The Hall–Kier alpha value is -2.18. The van der Waals surface area contributed by atoms with Crippen LogP contribution >= 0.6 is 0 Å². The second kappa shape index (κ2) is 16.1. The first-order chi connectivity index (χ1) is 21.8. The maximum absolute atomic E-state index is 15.5. The van der Waals surface area contributed by atoms with Crippen LogP contribution in [0.5, 0.6) is 5.75 Å². The molecule has 0 saturated heterocycles. The molecule has 2 aromatic rings. The minimum absolute atomic E-state index is 0.0510. The fourth-order valence-corrected chi connectivity index (χ4v) is 7.47. The lowest BCUT2D eigenvalue weighted by molar-refractivity contribution is -0.0823. The van der Waals surface area contributed by atoms with Crippen molar-refractivity contribution in [3.63, 3.8) is 0 Å². The van der Waals surface area contributed by atoms with E-state index in [2.05, 4.69) is 11.9 Å². The number of fused-ring (bicyclic) bond motifs is 1. The number of ether oxygens (including phenoxy) is 1. The summed E-state index contributed by atoms with van der Waals surface area (Å²) < 4.78 is 82.0. The monoisotopic (exact) mass is 633 g/mol. The van der Waals surface area contributed by atoms with Crippen LogP contribution in [0.15, 0.2) is 18.2 Å². The standard InChI is InChI=1S/C38H52F5NO/c1-2-27(28-18-19-28)14-10-8-12-24-45-33-23-22-32(44-37(33)41)31-25-29-20-21-30(38(42,43)34(29)36(40)35(31)39)15-11-7-5-3-4-6-9-13-26-16-17-26/h22-23,25-28,30H,2-21,24H2,1H3. The van der Waals surface area contributed by atoms with Gasteiger partial charge >= 0.3 is 0 Å². The van der Waals surface area contributed by atoms with Crippen molar-refractivity contribution in [1.82, 2.24) is 4.98 Å². The smallest absolute Gasteiger partial charge is 0.279 e. The summed E-state index contributed by atoms with van der Waals surface area (Å²) >= 11 is 0. The van der Waals surface area contributed by atoms with Crippen molar-refractivity contribution in [1.29, 1.82) is 0 Å². The zero-order valence-corrected chi connectivity index (χ0v) is 27.1. The number of unbranched alkanes of at least 4 members (excludes halogenated alkanes) is 8. The molecule has 1 heterocycles. The first kappa shape index (κ1) is 34.2. The van der Waals surface area contributed by atoms with Gasteiger partial charge in [-0.3, -0.25) is 0 Å². The molecular weight excluding hydrogens is 581 g/mol. The Morgan fingerprint density at radius 2 is 1.51 bits per heavy atom. The molecule has 0 spiro atoms. The van der Waals surface area contributed by atoms with Crippen molar-refractivity contribution in [3.8, 4) is 17.0 Å². The zero-order chi connectivity index (χ0) is 31.8. The van der Waals surface area contributed by atoms with E-state index in [4.69, 9.17) is 4.74 Å². The number of aryl methyl sites for hydroxylation is 1. The van der Waals surface area contributed by atoms with Gasteiger partial charge in [0.15, 0.2) is 17.4 Å². The molecule has 7 heteroatoms. The Bertz CT molecular complexity index is 1240. The average molecular weight is 634 g/mol. The normalized spacial score (nSPS) is 19.8. The number of rotatable bonds is 20. The van der Waals surface area contributed by atoms with Gasteiger partial charge in [-0.1, -0.05) is 96.8 Å². The SMILES string of the molecule is CCC(CCCCCOc1ccc(-c2cc3c(c(F)c2F)C(F)(F)C(CCCCCCCCCC2CC2)CC3)nc1F)C1CC1. The van der Waals surface area contributed by atoms with Crippen LogP contribution in [-0.4, -0.2) is 11.6 Å². The molecule has 2 fully saturated rings. The van der Waals surface area contributed by atoms with Crippen molar-refractivity contribution in [2.75, 3.05) is 6.61 Å². The summed E-state index contributed by atoms with van der Waals surface area (Å²) in [5.41, 5.74) is -1.20. The van der Waals surface area contributed by atoms with Crippen LogP contribution in [0.4, 0.5) is 22.0 Å². The third-order valence-electron chi connectivity index (χ3n) is 10.6. The lowest BCUT2D eigenvalue weighted by Gasteiger charge is -2.34. The number of hydrogen-bond donors (Lipinski definition) is 0. The molecule has 2 atom stereocenters. The Labute approximate surface area is 266 Å². The molecule has 5 rings (SSSR count).